The van der Waals surface area contributed by atoms with Gasteiger partial charge in [-0.25, -0.2) is 4.98 Å². The van der Waals surface area contributed by atoms with Crippen LogP contribution in [0.2, 0.25) is 0 Å². The minimum atomic E-state index is 0. The van der Waals surface area contributed by atoms with Crippen molar-refractivity contribution < 1.29 is 4.79 Å². The van der Waals surface area contributed by atoms with E-state index in [-0.39, 0.29) is 24.2 Å². The highest BCUT2D eigenvalue weighted by Gasteiger charge is 2.40. The van der Waals surface area contributed by atoms with E-state index in [2.05, 4.69) is 10.3 Å². The minimum absolute atomic E-state index is 0. The molecule has 2 aliphatic rings. The number of rotatable bonds is 4. The van der Waals surface area contributed by atoms with Gasteiger partial charge in [0, 0.05) is 36.3 Å². The van der Waals surface area contributed by atoms with Crippen LogP contribution in [0.15, 0.2) is 46.7 Å². The zero-order valence-electron chi connectivity index (χ0n) is 15.5. The number of hydrogen-bond donors (Lipinski definition) is 2. The summed E-state index contributed by atoms with van der Waals surface area (Å²) in [5.41, 5.74) is 7.24. The molecule has 27 heavy (non-hydrogen) atoms. The van der Waals surface area contributed by atoms with Gasteiger partial charge in [-0.1, -0.05) is 18.6 Å². The second-order valence-corrected chi connectivity index (χ2v) is 8.61. The number of aromatic nitrogens is 2. The summed E-state index contributed by atoms with van der Waals surface area (Å²) in [6.45, 7) is 0. The predicted molar refractivity (Wildman–Crippen MR) is 111 cm³/mol. The number of carbonyl (C=O) groups is 1. The molecule has 2 bridgehead atoms. The van der Waals surface area contributed by atoms with Gasteiger partial charge in [0.25, 0.3) is 0 Å². The van der Waals surface area contributed by atoms with Gasteiger partial charge in [-0.15, -0.1) is 12.4 Å². The average molecular weight is 407 g/mol. The molecular weight excluding hydrogens is 380 g/mol. The summed E-state index contributed by atoms with van der Waals surface area (Å²) < 4.78 is 1.98. The van der Waals surface area contributed by atoms with Gasteiger partial charge in [-0.2, -0.15) is 0 Å². The molecule has 4 rings (SSSR count). The largest absolute Gasteiger partial charge is 0.329 e. The molecule has 7 heteroatoms. The molecule has 2 aliphatic carbocycles. The number of halogens is 1. The van der Waals surface area contributed by atoms with Crippen LogP contribution >= 0.6 is 24.2 Å². The van der Waals surface area contributed by atoms with Crippen molar-refractivity contribution in [1.29, 1.82) is 0 Å². The van der Waals surface area contributed by atoms with Gasteiger partial charge in [0.1, 0.15) is 0 Å². The SMILES string of the molecule is Cl.Cn1ccnc1Sc1ccccc1NC(=O)C1CC2CCCC(C1)C2N. The van der Waals surface area contributed by atoms with E-state index in [9.17, 15) is 4.79 Å². The average Bonchev–Trinajstić information content (AvgIpc) is 3.01. The number of amides is 1. The quantitative estimate of drug-likeness (QED) is 0.802. The van der Waals surface area contributed by atoms with Crippen LogP contribution in [0.25, 0.3) is 0 Å². The number of para-hydroxylation sites is 1. The molecule has 146 valence electrons. The molecule has 3 N–H and O–H groups in total. The summed E-state index contributed by atoms with van der Waals surface area (Å²) in [6.07, 6.45) is 9.18. The molecule has 0 spiro atoms. The van der Waals surface area contributed by atoms with E-state index in [1.165, 1.54) is 19.3 Å². The number of hydrogen-bond acceptors (Lipinski definition) is 4. The molecule has 1 amide bonds. The lowest BCUT2D eigenvalue weighted by Crippen LogP contribution is -2.48. The highest BCUT2D eigenvalue weighted by Crippen LogP contribution is 2.42. The number of fused-ring (bicyclic) bond motifs is 2. The Labute approximate surface area is 170 Å². The Kier molecular flexibility index (Phi) is 6.50. The molecule has 0 saturated heterocycles. The van der Waals surface area contributed by atoms with E-state index in [0.29, 0.717) is 17.9 Å². The van der Waals surface area contributed by atoms with Crippen molar-refractivity contribution in [2.45, 2.75) is 48.2 Å². The zero-order chi connectivity index (χ0) is 18.1. The summed E-state index contributed by atoms with van der Waals surface area (Å²) in [5, 5.41) is 4.09. The van der Waals surface area contributed by atoms with Gasteiger partial charge in [-0.05, 0) is 61.4 Å². The maximum Gasteiger partial charge on any atom is 0.227 e. The van der Waals surface area contributed by atoms with E-state index in [0.717, 1.165) is 28.6 Å². The van der Waals surface area contributed by atoms with E-state index < -0.39 is 0 Å². The fourth-order valence-electron chi connectivity index (χ4n) is 4.45. The summed E-state index contributed by atoms with van der Waals surface area (Å²) in [6, 6.07) is 8.24. The summed E-state index contributed by atoms with van der Waals surface area (Å²) in [4.78, 5) is 18.3. The summed E-state index contributed by atoms with van der Waals surface area (Å²) >= 11 is 1.57. The van der Waals surface area contributed by atoms with Crippen molar-refractivity contribution >= 4 is 35.8 Å². The smallest absolute Gasteiger partial charge is 0.227 e. The molecule has 5 nitrogen and oxygen atoms in total. The normalized spacial score (nSPS) is 26.9. The lowest BCUT2D eigenvalue weighted by Gasteiger charge is -2.43. The third-order valence-corrected chi connectivity index (χ3v) is 7.06. The topological polar surface area (TPSA) is 72.9 Å². The van der Waals surface area contributed by atoms with Crippen LogP contribution < -0.4 is 11.1 Å². The lowest BCUT2D eigenvalue weighted by molar-refractivity contribution is -0.122. The van der Waals surface area contributed by atoms with Crippen LogP contribution in [0.1, 0.15) is 32.1 Å². The van der Waals surface area contributed by atoms with Gasteiger partial charge in [0.05, 0.1) is 5.69 Å². The Morgan fingerprint density at radius 1 is 1.26 bits per heavy atom. The second-order valence-electron chi connectivity index (χ2n) is 7.60. The van der Waals surface area contributed by atoms with E-state index in [1.807, 2.05) is 42.1 Å². The number of benzene rings is 1. The molecule has 2 fully saturated rings. The van der Waals surface area contributed by atoms with Crippen LogP contribution in [0.3, 0.4) is 0 Å². The fraction of sp³-hybridized carbons (Fsp3) is 0.500. The van der Waals surface area contributed by atoms with Crippen molar-refractivity contribution in [2.24, 2.45) is 30.5 Å². The molecule has 2 unspecified atom stereocenters. The Bertz CT molecular complexity index is 782. The monoisotopic (exact) mass is 406 g/mol. The Hall–Kier alpha value is -1.50. The van der Waals surface area contributed by atoms with E-state index in [1.54, 1.807) is 18.0 Å². The zero-order valence-corrected chi connectivity index (χ0v) is 17.1. The van der Waals surface area contributed by atoms with Crippen LogP contribution in [-0.2, 0) is 11.8 Å². The predicted octanol–water partition coefficient (Wildman–Crippen LogP) is 4.09. The highest BCUT2D eigenvalue weighted by atomic mass is 35.5. The Morgan fingerprint density at radius 2 is 1.96 bits per heavy atom. The van der Waals surface area contributed by atoms with E-state index >= 15 is 0 Å². The maximum atomic E-state index is 12.9. The van der Waals surface area contributed by atoms with Crippen molar-refractivity contribution in [2.75, 3.05) is 5.32 Å². The molecule has 2 aromatic rings. The number of aryl methyl sites for hydroxylation is 1. The van der Waals surface area contributed by atoms with Crippen LogP contribution in [-0.4, -0.2) is 21.5 Å². The van der Waals surface area contributed by atoms with Gasteiger partial charge < -0.3 is 15.6 Å². The van der Waals surface area contributed by atoms with Gasteiger partial charge in [0.2, 0.25) is 5.91 Å². The molecule has 1 aromatic carbocycles. The Morgan fingerprint density at radius 3 is 2.63 bits per heavy atom. The third kappa shape index (κ3) is 4.33. The summed E-state index contributed by atoms with van der Waals surface area (Å²) in [7, 11) is 1.97. The first-order valence-corrected chi connectivity index (χ1v) is 10.2. The lowest BCUT2D eigenvalue weighted by atomic mass is 9.65. The van der Waals surface area contributed by atoms with E-state index in [4.69, 9.17) is 5.73 Å². The first-order valence-electron chi connectivity index (χ1n) is 9.42. The first-order chi connectivity index (χ1) is 12.6. The molecule has 2 saturated carbocycles. The number of imidazole rings is 1. The van der Waals surface area contributed by atoms with Crippen LogP contribution in [0.4, 0.5) is 5.69 Å². The third-order valence-electron chi connectivity index (χ3n) is 5.91. The molecule has 0 aliphatic heterocycles. The van der Waals surface area contributed by atoms with Gasteiger partial charge in [0.15, 0.2) is 5.16 Å². The highest BCUT2D eigenvalue weighted by molar-refractivity contribution is 7.99. The number of nitrogens with two attached hydrogens (primary N) is 1. The molecule has 1 heterocycles. The molecular formula is C20H27ClN4OS. The standard InChI is InChI=1S/C20H26N4OS.ClH/c1-24-10-9-22-20(24)26-17-8-3-2-7-16(17)23-19(25)15-11-13-5-4-6-14(12-15)18(13)21;/h2-3,7-10,13-15,18H,4-6,11-12,21H2,1H3,(H,23,25);1H. The second kappa shape index (κ2) is 8.67. The van der Waals surface area contributed by atoms with Gasteiger partial charge >= 0.3 is 0 Å². The van der Waals surface area contributed by atoms with Crippen molar-refractivity contribution in [1.82, 2.24) is 9.55 Å². The van der Waals surface area contributed by atoms with Crippen molar-refractivity contribution in [3.8, 4) is 0 Å². The number of nitrogens with one attached hydrogen (secondary N) is 1. The molecule has 1 aromatic heterocycles. The molecule has 0 radical (unpaired) electrons. The van der Waals surface area contributed by atoms with Gasteiger partial charge in [-0.3, -0.25) is 4.79 Å². The van der Waals surface area contributed by atoms with Crippen molar-refractivity contribution in [3.63, 3.8) is 0 Å². The minimum Gasteiger partial charge on any atom is -0.329 e. The van der Waals surface area contributed by atoms with Crippen LogP contribution in [0.5, 0.6) is 0 Å². The Balaban J connectivity index is 0.00000210. The van der Waals surface area contributed by atoms with Crippen LogP contribution in [0, 0.1) is 17.8 Å². The number of nitrogens with zero attached hydrogens (tertiary/aromatic N) is 2. The maximum absolute atomic E-state index is 12.9. The summed E-state index contributed by atoms with van der Waals surface area (Å²) in [5.74, 6) is 1.24. The van der Waals surface area contributed by atoms with Crippen molar-refractivity contribution in [3.05, 3.63) is 36.7 Å². The molecule has 2 atom stereocenters. The number of carbonyl (C=O) groups excluding carboxylic acids is 1. The number of anilines is 1. The fourth-order valence-corrected chi connectivity index (χ4v) is 5.34. The first kappa shape index (κ1) is 20.2.